The summed E-state index contributed by atoms with van der Waals surface area (Å²) in [5, 5.41) is 0. The van der Waals surface area contributed by atoms with Gasteiger partial charge in [0.1, 0.15) is 0 Å². The van der Waals surface area contributed by atoms with Gasteiger partial charge in [-0.25, -0.2) is 0 Å². The second kappa shape index (κ2) is 2.24. The molecule has 0 radical (unpaired) electrons. The second-order valence-electron chi connectivity index (χ2n) is 1.96. The van der Waals surface area contributed by atoms with Crippen LogP contribution < -0.4 is 0 Å². The highest BCUT2D eigenvalue weighted by Gasteiger charge is 2.27. The topological polar surface area (TPSA) is 63.6 Å². The Bertz CT molecular complexity index is 177. The molecule has 0 aromatic carbocycles. The number of hydrogen-bond acceptors (Lipinski definition) is 3. The maximum absolute atomic E-state index is 10.3. The first kappa shape index (κ1) is 6.98. The summed E-state index contributed by atoms with van der Waals surface area (Å²) in [7, 11) is -3.92. The standard InChI is InChI=1S/C4H8O4S/c5-9(6,7)4-2-1-3-8-4/h4H,1-3H2,(H,5,6,7)/t4-/m1/s1. The molecule has 0 aromatic heterocycles. The van der Waals surface area contributed by atoms with Crippen molar-refractivity contribution in [3.63, 3.8) is 0 Å². The van der Waals surface area contributed by atoms with Gasteiger partial charge in [-0.15, -0.1) is 0 Å². The Morgan fingerprint density at radius 3 is 2.44 bits per heavy atom. The summed E-state index contributed by atoms with van der Waals surface area (Å²) in [4.78, 5) is 0. The van der Waals surface area contributed by atoms with Crippen LogP contribution in [0.25, 0.3) is 0 Å². The zero-order valence-electron chi connectivity index (χ0n) is 4.78. The van der Waals surface area contributed by atoms with Crippen molar-refractivity contribution >= 4 is 10.1 Å². The van der Waals surface area contributed by atoms with Gasteiger partial charge >= 0.3 is 0 Å². The number of hydrogen-bond donors (Lipinski definition) is 1. The van der Waals surface area contributed by atoms with Crippen LogP contribution in [-0.2, 0) is 14.9 Å². The van der Waals surface area contributed by atoms with Crippen molar-refractivity contribution < 1.29 is 17.7 Å². The summed E-state index contributed by atoms with van der Waals surface area (Å²) in [5.41, 5.74) is -0.961. The van der Waals surface area contributed by atoms with Crippen molar-refractivity contribution in [3.8, 4) is 0 Å². The smallest absolute Gasteiger partial charge is 0.292 e. The Morgan fingerprint density at radius 1 is 1.56 bits per heavy atom. The number of ether oxygens (including phenoxy) is 1. The van der Waals surface area contributed by atoms with Gasteiger partial charge in [0.05, 0.1) is 0 Å². The lowest BCUT2D eigenvalue weighted by molar-refractivity contribution is 0.157. The van der Waals surface area contributed by atoms with E-state index < -0.39 is 15.6 Å². The summed E-state index contributed by atoms with van der Waals surface area (Å²) in [6, 6.07) is 0. The van der Waals surface area contributed by atoms with Crippen LogP contribution in [0.1, 0.15) is 12.8 Å². The van der Waals surface area contributed by atoms with E-state index in [9.17, 15) is 8.42 Å². The fourth-order valence-corrected chi connectivity index (χ4v) is 1.52. The minimum absolute atomic E-state index is 0.416. The third-order valence-corrected chi connectivity index (χ3v) is 2.26. The van der Waals surface area contributed by atoms with Gasteiger partial charge in [0.25, 0.3) is 10.1 Å². The predicted molar refractivity (Wildman–Crippen MR) is 30.5 cm³/mol. The minimum Gasteiger partial charge on any atom is -0.360 e. The van der Waals surface area contributed by atoms with Gasteiger partial charge in [-0.3, -0.25) is 4.55 Å². The first-order chi connectivity index (χ1) is 4.11. The van der Waals surface area contributed by atoms with Crippen LogP contribution in [0.4, 0.5) is 0 Å². The van der Waals surface area contributed by atoms with Gasteiger partial charge in [0.15, 0.2) is 5.44 Å². The molecule has 0 saturated carbocycles. The quantitative estimate of drug-likeness (QED) is 0.537. The summed E-state index contributed by atoms with van der Waals surface area (Å²) >= 11 is 0. The lowest BCUT2D eigenvalue weighted by atomic mass is 10.4. The highest BCUT2D eigenvalue weighted by molar-refractivity contribution is 7.86. The molecule has 1 atom stereocenters. The van der Waals surface area contributed by atoms with Crippen LogP contribution in [0.3, 0.4) is 0 Å². The molecule has 0 spiro atoms. The number of rotatable bonds is 1. The van der Waals surface area contributed by atoms with Crippen molar-refractivity contribution in [2.75, 3.05) is 6.61 Å². The summed E-state index contributed by atoms with van der Waals surface area (Å²) in [5.74, 6) is 0. The third kappa shape index (κ3) is 1.64. The van der Waals surface area contributed by atoms with Crippen molar-refractivity contribution in [2.45, 2.75) is 18.3 Å². The van der Waals surface area contributed by atoms with Crippen LogP contribution in [-0.4, -0.2) is 25.0 Å². The fraction of sp³-hybridized carbons (Fsp3) is 1.00. The molecule has 1 saturated heterocycles. The Balaban J connectivity index is 2.63. The van der Waals surface area contributed by atoms with Crippen LogP contribution in [0.2, 0.25) is 0 Å². The maximum atomic E-state index is 10.3. The van der Waals surface area contributed by atoms with E-state index in [2.05, 4.69) is 4.74 Å². The third-order valence-electron chi connectivity index (χ3n) is 1.22. The van der Waals surface area contributed by atoms with Crippen LogP contribution in [0.5, 0.6) is 0 Å². The van der Waals surface area contributed by atoms with Crippen LogP contribution in [0.15, 0.2) is 0 Å². The van der Waals surface area contributed by atoms with Crippen molar-refractivity contribution in [2.24, 2.45) is 0 Å². The molecule has 0 aliphatic carbocycles. The van der Waals surface area contributed by atoms with E-state index >= 15 is 0 Å². The molecule has 1 rings (SSSR count). The first-order valence-electron chi connectivity index (χ1n) is 2.68. The molecule has 1 N–H and O–H groups in total. The molecule has 9 heavy (non-hydrogen) atoms. The monoisotopic (exact) mass is 152 g/mol. The normalized spacial score (nSPS) is 28.8. The minimum atomic E-state index is -3.92. The maximum Gasteiger partial charge on any atom is 0.292 e. The molecule has 0 bridgehead atoms. The molecular weight excluding hydrogens is 144 g/mol. The molecule has 5 heteroatoms. The molecular formula is C4H8O4S. The molecule has 1 fully saturated rings. The van der Waals surface area contributed by atoms with E-state index in [4.69, 9.17) is 4.55 Å². The van der Waals surface area contributed by atoms with Gasteiger partial charge in [-0.2, -0.15) is 8.42 Å². The van der Waals surface area contributed by atoms with Crippen molar-refractivity contribution in [3.05, 3.63) is 0 Å². The largest absolute Gasteiger partial charge is 0.360 e. The lowest BCUT2D eigenvalue weighted by Gasteiger charge is -2.02. The molecule has 54 valence electrons. The molecule has 0 amide bonds. The van der Waals surface area contributed by atoms with Gasteiger partial charge in [0.2, 0.25) is 0 Å². The zero-order chi connectivity index (χ0) is 6.91. The highest BCUT2D eigenvalue weighted by atomic mass is 32.2. The average molecular weight is 152 g/mol. The molecule has 1 aliphatic rings. The molecule has 0 aromatic rings. The lowest BCUT2D eigenvalue weighted by Crippen LogP contribution is -2.18. The van der Waals surface area contributed by atoms with E-state index in [0.29, 0.717) is 19.4 Å². The average Bonchev–Trinajstić information content (AvgIpc) is 2.08. The van der Waals surface area contributed by atoms with Crippen molar-refractivity contribution in [1.82, 2.24) is 0 Å². The first-order valence-corrected chi connectivity index (χ1v) is 4.19. The predicted octanol–water partition coefficient (Wildman–Crippen LogP) is 0.0107. The van der Waals surface area contributed by atoms with Crippen LogP contribution >= 0.6 is 0 Å². The van der Waals surface area contributed by atoms with Gasteiger partial charge in [-0.05, 0) is 12.8 Å². The molecule has 0 unspecified atom stereocenters. The summed E-state index contributed by atoms with van der Waals surface area (Å²) in [6.07, 6.45) is 1.13. The highest BCUT2D eigenvalue weighted by Crippen LogP contribution is 2.15. The van der Waals surface area contributed by atoms with Gasteiger partial charge < -0.3 is 4.74 Å². The fourth-order valence-electron chi connectivity index (χ4n) is 0.783. The SMILES string of the molecule is O=S(=O)(O)[C@@H]1CCCO1. The Morgan fingerprint density at radius 2 is 2.22 bits per heavy atom. The van der Waals surface area contributed by atoms with Crippen molar-refractivity contribution in [1.29, 1.82) is 0 Å². The Hall–Kier alpha value is -0.130. The molecule has 4 nitrogen and oxygen atoms in total. The summed E-state index contributed by atoms with van der Waals surface area (Å²) < 4.78 is 33.6. The van der Waals surface area contributed by atoms with E-state index in [1.54, 1.807) is 0 Å². The van der Waals surface area contributed by atoms with E-state index in [-0.39, 0.29) is 0 Å². The molecule has 1 heterocycles. The van der Waals surface area contributed by atoms with Crippen LogP contribution in [0, 0.1) is 0 Å². The van der Waals surface area contributed by atoms with Gasteiger partial charge in [-0.1, -0.05) is 0 Å². The Labute approximate surface area is 53.6 Å². The summed E-state index contributed by atoms with van der Waals surface area (Å²) in [6.45, 7) is 0.435. The van der Waals surface area contributed by atoms with E-state index in [0.717, 1.165) is 0 Å². The second-order valence-corrected chi connectivity index (χ2v) is 3.51. The zero-order valence-corrected chi connectivity index (χ0v) is 5.60. The Kier molecular flexibility index (Phi) is 1.74. The van der Waals surface area contributed by atoms with E-state index in [1.807, 2.05) is 0 Å². The van der Waals surface area contributed by atoms with E-state index in [1.165, 1.54) is 0 Å². The van der Waals surface area contributed by atoms with Gasteiger partial charge in [0, 0.05) is 6.61 Å². The molecule has 1 aliphatic heterocycles.